The average molecular weight is 463 g/mol. The number of hydrogen-bond acceptors (Lipinski definition) is 5. The molecule has 168 valence electrons. The molecule has 1 aliphatic heterocycles. The number of carbonyl (C=O) groups is 1. The fourth-order valence-corrected chi connectivity index (χ4v) is 5.44. The summed E-state index contributed by atoms with van der Waals surface area (Å²) in [6.45, 7) is 0.757. The normalized spacial score (nSPS) is 16.7. The molecule has 4 N–H and O–H groups in total. The molecule has 1 saturated heterocycles. The summed E-state index contributed by atoms with van der Waals surface area (Å²) >= 11 is 0. The van der Waals surface area contributed by atoms with Gasteiger partial charge >= 0.3 is 0 Å². The topological polar surface area (TPSA) is 129 Å². The molecule has 5 rings (SSSR count). The summed E-state index contributed by atoms with van der Waals surface area (Å²) in [5, 5.41) is 9.11. The smallest absolute Gasteiger partial charge is 0.241 e. The van der Waals surface area contributed by atoms with Crippen LogP contribution in [-0.2, 0) is 21.4 Å². The summed E-state index contributed by atoms with van der Waals surface area (Å²) in [6, 6.07) is 18.4. The van der Waals surface area contributed by atoms with Crippen molar-refractivity contribution in [2.24, 2.45) is 5.73 Å². The molecule has 1 amide bonds. The fourth-order valence-electron chi connectivity index (χ4n) is 4.19. The largest absolute Gasteiger partial charge is 0.456 e. The lowest BCUT2D eigenvalue weighted by Crippen LogP contribution is -2.41. The molecular formula is C24H22N4O4S. The van der Waals surface area contributed by atoms with Gasteiger partial charge in [0, 0.05) is 29.4 Å². The number of benzene rings is 3. The Hall–Kier alpha value is -3.69. The Kier molecular flexibility index (Phi) is 5.15. The maximum atomic E-state index is 13.1. The highest BCUT2D eigenvalue weighted by Gasteiger charge is 2.35. The van der Waals surface area contributed by atoms with Gasteiger partial charge in [0.1, 0.15) is 23.0 Å². The lowest BCUT2D eigenvalue weighted by molar-refractivity contribution is -0.129. The molecule has 1 aromatic heterocycles. The summed E-state index contributed by atoms with van der Waals surface area (Å²) in [5.74, 6) is -0.320. The van der Waals surface area contributed by atoms with Gasteiger partial charge in [0.25, 0.3) is 0 Å². The van der Waals surface area contributed by atoms with E-state index in [4.69, 9.17) is 15.6 Å². The van der Waals surface area contributed by atoms with E-state index in [1.54, 1.807) is 35.2 Å². The minimum atomic E-state index is -3.91. The first-order chi connectivity index (χ1) is 15.8. The summed E-state index contributed by atoms with van der Waals surface area (Å²) < 4.78 is 34.5. The number of amides is 1. The zero-order chi connectivity index (χ0) is 23.2. The number of carbonyl (C=O) groups excluding carboxylic acids is 1. The third-order valence-corrected chi connectivity index (χ3v) is 7.33. The molecule has 0 radical (unpaired) electrons. The van der Waals surface area contributed by atoms with Crippen LogP contribution >= 0.6 is 0 Å². The maximum Gasteiger partial charge on any atom is 0.241 e. The first-order valence-electron chi connectivity index (χ1n) is 10.5. The molecule has 0 bridgehead atoms. The van der Waals surface area contributed by atoms with Crippen LogP contribution in [0, 0.1) is 5.41 Å². The van der Waals surface area contributed by atoms with Crippen LogP contribution in [0.5, 0.6) is 0 Å². The van der Waals surface area contributed by atoms with E-state index in [0.717, 1.165) is 10.9 Å². The monoisotopic (exact) mass is 462 g/mol. The van der Waals surface area contributed by atoms with Crippen molar-refractivity contribution in [3.63, 3.8) is 0 Å². The molecule has 8 nitrogen and oxygen atoms in total. The highest BCUT2D eigenvalue weighted by atomic mass is 32.2. The fraction of sp³-hybridized carbons (Fsp3) is 0.167. The van der Waals surface area contributed by atoms with Gasteiger partial charge in [-0.3, -0.25) is 10.2 Å². The number of nitrogens with one attached hydrogen (secondary N) is 2. The van der Waals surface area contributed by atoms with Crippen molar-refractivity contribution in [1.29, 1.82) is 5.41 Å². The number of nitrogens with zero attached hydrogens (tertiary/aromatic N) is 1. The number of sulfonamides is 1. The van der Waals surface area contributed by atoms with Crippen molar-refractivity contribution >= 4 is 43.7 Å². The summed E-state index contributed by atoms with van der Waals surface area (Å²) in [4.78, 5) is 14.6. The minimum Gasteiger partial charge on any atom is -0.456 e. The molecule has 4 aromatic rings. The van der Waals surface area contributed by atoms with Crippen molar-refractivity contribution in [1.82, 2.24) is 9.62 Å². The Balaban J connectivity index is 1.34. The Labute approximate surface area is 190 Å². The Morgan fingerprint density at radius 1 is 1.06 bits per heavy atom. The number of hydrogen-bond donors (Lipinski definition) is 3. The van der Waals surface area contributed by atoms with Crippen molar-refractivity contribution in [2.45, 2.75) is 23.9 Å². The molecule has 3 aromatic carbocycles. The van der Waals surface area contributed by atoms with E-state index in [1.807, 2.05) is 30.3 Å². The summed E-state index contributed by atoms with van der Waals surface area (Å²) in [5.41, 5.74) is 8.24. The number of furan rings is 1. The van der Waals surface area contributed by atoms with Crippen LogP contribution < -0.4 is 10.5 Å². The van der Waals surface area contributed by atoms with E-state index in [9.17, 15) is 13.2 Å². The molecule has 1 fully saturated rings. The standard InChI is InChI=1S/C24H22N4O4S/c25-23(26)16-5-3-4-15(12-16)14-28-11-10-20(24(28)29)27-33(30,31)17-8-9-22-19(13-17)18-6-1-2-7-21(18)32-22/h1-9,12-13,20,27H,10-11,14H2,(H3,25,26)/t20-/m0/s1. The second-order valence-corrected chi connectivity index (χ2v) is 9.81. The Bertz CT molecular complexity index is 1510. The van der Waals surface area contributed by atoms with Gasteiger partial charge in [-0.2, -0.15) is 4.72 Å². The molecular weight excluding hydrogens is 440 g/mol. The number of rotatable bonds is 6. The number of likely N-dealkylation sites (tertiary alicyclic amines) is 1. The third kappa shape index (κ3) is 3.96. The zero-order valence-electron chi connectivity index (χ0n) is 17.6. The highest BCUT2D eigenvalue weighted by Crippen LogP contribution is 2.30. The molecule has 2 heterocycles. The van der Waals surface area contributed by atoms with Crippen molar-refractivity contribution in [3.05, 3.63) is 77.9 Å². The van der Waals surface area contributed by atoms with Crippen LogP contribution in [0.3, 0.4) is 0 Å². The predicted octanol–water partition coefficient (Wildman–Crippen LogP) is 2.95. The molecule has 33 heavy (non-hydrogen) atoms. The van der Waals surface area contributed by atoms with Crippen molar-refractivity contribution in [2.75, 3.05) is 6.54 Å². The molecule has 0 saturated carbocycles. The predicted molar refractivity (Wildman–Crippen MR) is 125 cm³/mol. The van der Waals surface area contributed by atoms with Crippen LogP contribution in [0.25, 0.3) is 21.9 Å². The Morgan fingerprint density at radius 3 is 2.67 bits per heavy atom. The number of amidine groups is 1. The average Bonchev–Trinajstić information content (AvgIpc) is 3.34. The van der Waals surface area contributed by atoms with Gasteiger partial charge in [0.2, 0.25) is 15.9 Å². The molecule has 1 atom stereocenters. The number of fused-ring (bicyclic) bond motifs is 3. The minimum absolute atomic E-state index is 0.0439. The van der Waals surface area contributed by atoms with Gasteiger partial charge in [-0.05, 0) is 42.3 Å². The Morgan fingerprint density at radius 2 is 1.85 bits per heavy atom. The third-order valence-electron chi connectivity index (χ3n) is 5.86. The molecule has 0 unspecified atom stereocenters. The van der Waals surface area contributed by atoms with Gasteiger partial charge in [0.15, 0.2) is 0 Å². The van der Waals surface area contributed by atoms with Gasteiger partial charge in [-0.25, -0.2) is 8.42 Å². The molecule has 0 spiro atoms. The zero-order valence-corrected chi connectivity index (χ0v) is 18.4. The van der Waals surface area contributed by atoms with E-state index in [2.05, 4.69) is 4.72 Å². The van der Waals surface area contributed by atoms with E-state index in [1.165, 1.54) is 6.07 Å². The molecule has 1 aliphatic rings. The first-order valence-corrected chi connectivity index (χ1v) is 12.0. The van der Waals surface area contributed by atoms with Crippen LogP contribution in [0.1, 0.15) is 17.5 Å². The highest BCUT2D eigenvalue weighted by molar-refractivity contribution is 7.89. The van der Waals surface area contributed by atoms with E-state index in [-0.39, 0.29) is 16.6 Å². The first kappa shape index (κ1) is 21.2. The van der Waals surface area contributed by atoms with E-state index in [0.29, 0.717) is 41.6 Å². The lowest BCUT2D eigenvalue weighted by Gasteiger charge is -2.18. The maximum absolute atomic E-state index is 13.1. The molecule has 9 heteroatoms. The van der Waals surface area contributed by atoms with E-state index >= 15 is 0 Å². The second-order valence-electron chi connectivity index (χ2n) is 8.09. The van der Waals surface area contributed by atoms with Crippen LogP contribution in [0.15, 0.2) is 76.0 Å². The van der Waals surface area contributed by atoms with Crippen molar-refractivity contribution in [3.8, 4) is 0 Å². The number of para-hydroxylation sites is 1. The van der Waals surface area contributed by atoms with E-state index < -0.39 is 16.1 Å². The van der Waals surface area contributed by atoms with Crippen LogP contribution in [0.4, 0.5) is 0 Å². The molecule has 0 aliphatic carbocycles. The quantitative estimate of drug-likeness (QED) is 0.300. The SMILES string of the molecule is N=C(N)c1cccc(CN2CC[C@H](NS(=O)(=O)c3ccc4oc5ccccc5c4c3)C2=O)c1. The van der Waals surface area contributed by atoms with Crippen LogP contribution in [-0.4, -0.2) is 37.6 Å². The second kappa shape index (κ2) is 8.02. The summed E-state index contributed by atoms with van der Waals surface area (Å²) in [6.07, 6.45) is 0.376. The number of nitrogens with two attached hydrogens (primary N) is 1. The van der Waals surface area contributed by atoms with Gasteiger partial charge in [-0.15, -0.1) is 0 Å². The van der Waals surface area contributed by atoms with Gasteiger partial charge < -0.3 is 15.1 Å². The number of nitrogen functional groups attached to an aromatic ring is 1. The van der Waals surface area contributed by atoms with Gasteiger partial charge in [-0.1, -0.05) is 36.4 Å². The summed E-state index contributed by atoms with van der Waals surface area (Å²) in [7, 11) is -3.91. The van der Waals surface area contributed by atoms with Gasteiger partial charge in [0.05, 0.1) is 4.90 Å². The van der Waals surface area contributed by atoms with Crippen LogP contribution in [0.2, 0.25) is 0 Å². The van der Waals surface area contributed by atoms with Crippen molar-refractivity contribution < 1.29 is 17.6 Å². The lowest BCUT2D eigenvalue weighted by atomic mass is 10.1.